The highest BCUT2D eigenvalue weighted by atomic mass is 14.7. The number of pyridine rings is 1. The molecule has 51 heavy (non-hydrogen) atoms. The summed E-state index contributed by atoms with van der Waals surface area (Å²) in [5.74, 6) is 0. The molecule has 8 aromatic carbocycles. The first-order valence-corrected chi connectivity index (χ1v) is 17.7. The minimum Gasteiger partial charge on any atom is -0.256 e. The number of nitrogens with zero attached hydrogens (tertiary/aromatic N) is 1. The Morgan fingerprint density at radius 3 is 1.27 bits per heavy atom. The summed E-state index contributed by atoms with van der Waals surface area (Å²) in [7, 11) is 0. The Kier molecular flexibility index (Phi) is 5.94. The molecule has 0 bridgehead atoms. The summed E-state index contributed by atoms with van der Waals surface area (Å²) in [6.07, 6.45) is 2.09. The van der Waals surface area contributed by atoms with Gasteiger partial charge in [0, 0.05) is 17.3 Å². The third-order valence-corrected chi connectivity index (χ3v) is 11.3. The maximum absolute atomic E-state index is 5.33. The molecular formula is C50H31N. The van der Waals surface area contributed by atoms with Gasteiger partial charge < -0.3 is 0 Å². The molecule has 9 aromatic rings. The number of hydrogen-bond donors (Lipinski definition) is 0. The van der Waals surface area contributed by atoms with Crippen molar-refractivity contribution in [3.05, 3.63) is 210 Å². The van der Waals surface area contributed by atoms with Crippen LogP contribution in [0.3, 0.4) is 0 Å². The highest BCUT2D eigenvalue weighted by Gasteiger charge is 2.52. The van der Waals surface area contributed by atoms with Gasteiger partial charge in [0.1, 0.15) is 0 Å². The summed E-state index contributed by atoms with van der Waals surface area (Å²) < 4.78 is 0. The SMILES string of the molecule is c1ccc(-c2c3ccccc3c(-c3ccc(-c4cccc5c4C4(c6ccccc6-c6ccccc64)c4ccccc4-5)nc3)c3ccccc23)cc1. The fourth-order valence-electron chi connectivity index (χ4n) is 9.42. The van der Waals surface area contributed by atoms with Crippen molar-refractivity contribution < 1.29 is 0 Å². The van der Waals surface area contributed by atoms with Gasteiger partial charge in [-0.3, -0.25) is 4.98 Å². The molecule has 0 unspecified atom stereocenters. The molecule has 2 aliphatic rings. The van der Waals surface area contributed by atoms with Crippen molar-refractivity contribution in [2.24, 2.45) is 0 Å². The number of aromatic nitrogens is 1. The first kappa shape index (κ1) is 28.3. The van der Waals surface area contributed by atoms with Crippen LogP contribution in [0.2, 0.25) is 0 Å². The third kappa shape index (κ3) is 3.78. The zero-order valence-electron chi connectivity index (χ0n) is 27.8. The van der Waals surface area contributed by atoms with Crippen LogP contribution in [0.15, 0.2) is 188 Å². The molecular weight excluding hydrogens is 615 g/mol. The van der Waals surface area contributed by atoms with Crippen LogP contribution >= 0.6 is 0 Å². The Hall–Kier alpha value is -6.57. The first-order valence-electron chi connectivity index (χ1n) is 17.7. The lowest BCUT2D eigenvalue weighted by Crippen LogP contribution is -2.26. The zero-order chi connectivity index (χ0) is 33.5. The molecule has 0 N–H and O–H groups in total. The van der Waals surface area contributed by atoms with E-state index in [0.717, 1.165) is 11.3 Å². The smallest absolute Gasteiger partial charge is 0.0732 e. The maximum atomic E-state index is 5.33. The molecule has 1 heteroatoms. The van der Waals surface area contributed by atoms with Gasteiger partial charge in [-0.15, -0.1) is 0 Å². The Labute approximate surface area is 297 Å². The normalized spacial score (nSPS) is 13.3. The summed E-state index contributed by atoms with van der Waals surface area (Å²) in [5.41, 5.74) is 17.2. The van der Waals surface area contributed by atoms with Crippen LogP contribution in [0, 0.1) is 0 Å². The molecule has 0 amide bonds. The third-order valence-electron chi connectivity index (χ3n) is 11.3. The average molecular weight is 646 g/mol. The summed E-state index contributed by atoms with van der Waals surface area (Å²) >= 11 is 0. The Morgan fingerprint density at radius 1 is 0.314 bits per heavy atom. The predicted octanol–water partition coefficient (Wildman–Crippen LogP) is 12.7. The lowest BCUT2D eigenvalue weighted by molar-refractivity contribution is 0.795. The largest absolute Gasteiger partial charge is 0.256 e. The van der Waals surface area contributed by atoms with Crippen LogP contribution in [-0.2, 0) is 5.41 Å². The topological polar surface area (TPSA) is 12.9 Å². The molecule has 1 heterocycles. The van der Waals surface area contributed by atoms with Crippen molar-refractivity contribution in [3.63, 3.8) is 0 Å². The fourth-order valence-corrected chi connectivity index (χ4v) is 9.42. The quantitative estimate of drug-likeness (QED) is 0.174. The van der Waals surface area contributed by atoms with Crippen molar-refractivity contribution in [2.75, 3.05) is 0 Å². The second kappa shape index (κ2) is 10.7. The highest BCUT2D eigenvalue weighted by Crippen LogP contribution is 2.64. The van der Waals surface area contributed by atoms with E-state index in [2.05, 4.69) is 188 Å². The monoisotopic (exact) mass is 645 g/mol. The van der Waals surface area contributed by atoms with Gasteiger partial charge in [0.2, 0.25) is 0 Å². The van der Waals surface area contributed by atoms with Gasteiger partial charge in [-0.25, -0.2) is 0 Å². The fraction of sp³-hybridized carbons (Fsp3) is 0.0200. The molecule has 236 valence electrons. The summed E-state index contributed by atoms with van der Waals surface area (Å²) in [6.45, 7) is 0. The molecule has 1 nitrogen and oxygen atoms in total. The van der Waals surface area contributed by atoms with E-state index in [1.54, 1.807) is 0 Å². The first-order chi connectivity index (χ1) is 25.3. The minimum atomic E-state index is -0.421. The number of benzene rings is 8. The van der Waals surface area contributed by atoms with E-state index < -0.39 is 5.41 Å². The number of fused-ring (bicyclic) bond motifs is 12. The van der Waals surface area contributed by atoms with Crippen LogP contribution in [0.25, 0.3) is 77.3 Å². The molecule has 1 spiro atoms. The Balaban J connectivity index is 1.15. The maximum Gasteiger partial charge on any atom is 0.0732 e. The molecule has 0 saturated heterocycles. The van der Waals surface area contributed by atoms with E-state index in [0.29, 0.717) is 0 Å². The molecule has 0 radical (unpaired) electrons. The predicted molar refractivity (Wildman–Crippen MR) is 212 cm³/mol. The van der Waals surface area contributed by atoms with E-state index in [9.17, 15) is 0 Å². The summed E-state index contributed by atoms with van der Waals surface area (Å²) in [4.78, 5) is 5.33. The van der Waals surface area contributed by atoms with Gasteiger partial charge in [0.25, 0.3) is 0 Å². The van der Waals surface area contributed by atoms with Crippen molar-refractivity contribution in [1.29, 1.82) is 0 Å². The van der Waals surface area contributed by atoms with Crippen LogP contribution in [-0.4, -0.2) is 4.98 Å². The van der Waals surface area contributed by atoms with Crippen LogP contribution < -0.4 is 0 Å². The molecule has 0 fully saturated rings. The molecule has 11 rings (SSSR count). The van der Waals surface area contributed by atoms with Crippen LogP contribution in [0.1, 0.15) is 22.3 Å². The van der Waals surface area contributed by atoms with E-state index in [-0.39, 0.29) is 0 Å². The molecule has 1 aromatic heterocycles. The molecule has 0 saturated carbocycles. The summed E-state index contributed by atoms with van der Waals surface area (Å²) in [5, 5.41) is 4.97. The Morgan fingerprint density at radius 2 is 0.745 bits per heavy atom. The van der Waals surface area contributed by atoms with Crippen molar-refractivity contribution in [1.82, 2.24) is 4.98 Å². The van der Waals surface area contributed by atoms with E-state index in [1.165, 1.54) is 88.3 Å². The molecule has 2 aliphatic carbocycles. The minimum absolute atomic E-state index is 0.421. The van der Waals surface area contributed by atoms with Gasteiger partial charge in [-0.1, -0.05) is 176 Å². The van der Waals surface area contributed by atoms with Gasteiger partial charge in [-0.2, -0.15) is 0 Å². The van der Waals surface area contributed by atoms with Crippen LogP contribution in [0.5, 0.6) is 0 Å². The van der Waals surface area contributed by atoms with E-state index in [4.69, 9.17) is 4.98 Å². The van der Waals surface area contributed by atoms with Crippen molar-refractivity contribution in [3.8, 4) is 55.8 Å². The lowest BCUT2D eigenvalue weighted by atomic mass is 9.69. The van der Waals surface area contributed by atoms with E-state index in [1.807, 2.05) is 0 Å². The van der Waals surface area contributed by atoms with Gasteiger partial charge in [0.05, 0.1) is 11.1 Å². The second-order valence-corrected chi connectivity index (χ2v) is 13.8. The number of rotatable bonds is 3. The van der Waals surface area contributed by atoms with Gasteiger partial charge >= 0.3 is 0 Å². The van der Waals surface area contributed by atoms with Gasteiger partial charge in [-0.05, 0) is 88.8 Å². The Bertz CT molecular complexity index is 2720. The van der Waals surface area contributed by atoms with Gasteiger partial charge in [0.15, 0.2) is 0 Å². The summed E-state index contributed by atoms with van der Waals surface area (Å²) in [6, 6.07) is 66.7. The molecule has 0 atom stereocenters. The highest BCUT2D eigenvalue weighted by molar-refractivity contribution is 6.21. The standard InChI is InChI=1S/C50H31N/c1-2-15-32(16-3-1)47-37-20-4-6-22-39(37)48(40-23-7-5-21-38(40)47)33-29-30-46(51-31-33)42-25-14-24-41-36-19-10-13-28-45(36)50(49(41)42)43-26-11-8-17-34(43)35-18-9-12-27-44(35)50/h1-31H. The zero-order valence-corrected chi connectivity index (χ0v) is 27.8. The van der Waals surface area contributed by atoms with Crippen molar-refractivity contribution >= 4 is 21.5 Å². The van der Waals surface area contributed by atoms with E-state index >= 15 is 0 Å². The van der Waals surface area contributed by atoms with Crippen molar-refractivity contribution in [2.45, 2.75) is 5.41 Å². The lowest BCUT2D eigenvalue weighted by Gasteiger charge is -2.32. The second-order valence-electron chi connectivity index (χ2n) is 13.8. The average Bonchev–Trinajstić information content (AvgIpc) is 3.68. The van der Waals surface area contributed by atoms with Crippen LogP contribution in [0.4, 0.5) is 0 Å². The number of hydrogen-bond acceptors (Lipinski definition) is 1. The molecule has 0 aliphatic heterocycles.